The molecule has 0 N–H and O–H groups in total. The highest BCUT2D eigenvalue weighted by atomic mass is 32.2. The van der Waals surface area contributed by atoms with Gasteiger partial charge in [-0.15, -0.1) is 0 Å². The van der Waals surface area contributed by atoms with Crippen LogP contribution < -0.4 is 9.04 Å². The van der Waals surface area contributed by atoms with Crippen molar-refractivity contribution in [2.75, 3.05) is 43.1 Å². The third-order valence-electron chi connectivity index (χ3n) is 4.99. The van der Waals surface area contributed by atoms with E-state index in [1.807, 2.05) is 0 Å². The number of carbonyl (C=O) groups is 1. The number of nitrogens with zero attached hydrogens (tertiary/aromatic N) is 2. The van der Waals surface area contributed by atoms with Crippen LogP contribution in [0.15, 0.2) is 53.4 Å². The lowest BCUT2D eigenvalue weighted by molar-refractivity contribution is 0.0788. The topological polar surface area (TPSA) is 101 Å². The summed E-state index contributed by atoms with van der Waals surface area (Å²) in [7, 11) is -4.86. The van der Waals surface area contributed by atoms with E-state index in [0.29, 0.717) is 49.5 Å². The third-order valence-corrected chi connectivity index (χ3v) is 7.97. The highest BCUT2D eigenvalue weighted by molar-refractivity contribution is 7.93. The van der Waals surface area contributed by atoms with E-state index in [4.69, 9.17) is 4.74 Å². The van der Waals surface area contributed by atoms with Gasteiger partial charge in [-0.05, 0) is 55.3 Å². The molecule has 3 rings (SSSR count). The number of sulfonamides is 1. The van der Waals surface area contributed by atoms with E-state index in [1.165, 1.54) is 16.4 Å². The Kier molecular flexibility index (Phi) is 6.90. The largest absolute Gasteiger partial charge is 0.493 e. The lowest BCUT2D eigenvalue weighted by Crippen LogP contribution is -2.29. The number of ether oxygens (including phenoxy) is 1. The molecule has 0 atom stereocenters. The van der Waals surface area contributed by atoms with Crippen LogP contribution in [0.4, 0.5) is 5.69 Å². The zero-order valence-corrected chi connectivity index (χ0v) is 19.2. The van der Waals surface area contributed by atoms with Crippen LogP contribution in [0.1, 0.15) is 23.2 Å². The number of hydrogen-bond acceptors (Lipinski definition) is 6. The van der Waals surface area contributed by atoms with Gasteiger partial charge >= 0.3 is 0 Å². The third kappa shape index (κ3) is 5.76. The summed E-state index contributed by atoms with van der Waals surface area (Å²) < 4.78 is 54.2. The molecule has 0 spiro atoms. The van der Waals surface area contributed by atoms with Gasteiger partial charge in [-0.25, -0.2) is 16.8 Å². The molecule has 31 heavy (non-hydrogen) atoms. The maximum atomic E-state index is 12.6. The van der Waals surface area contributed by atoms with Crippen LogP contribution in [0.2, 0.25) is 0 Å². The van der Waals surface area contributed by atoms with Crippen LogP contribution >= 0.6 is 0 Å². The van der Waals surface area contributed by atoms with Crippen molar-refractivity contribution in [2.45, 2.75) is 17.7 Å². The number of hydrogen-bond donors (Lipinski definition) is 0. The summed E-state index contributed by atoms with van der Waals surface area (Å²) in [6, 6.07) is 12.9. The molecule has 0 unspecified atom stereocenters. The molecule has 2 aromatic carbocycles. The molecule has 0 bridgehead atoms. The van der Waals surface area contributed by atoms with Crippen LogP contribution in [-0.4, -0.2) is 66.4 Å². The maximum Gasteiger partial charge on any atom is 0.253 e. The number of sulfone groups is 1. The van der Waals surface area contributed by atoms with E-state index in [1.54, 1.807) is 48.3 Å². The first kappa shape index (κ1) is 23.1. The van der Waals surface area contributed by atoms with Gasteiger partial charge in [0.1, 0.15) is 5.75 Å². The van der Waals surface area contributed by atoms with E-state index in [-0.39, 0.29) is 16.6 Å². The van der Waals surface area contributed by atoms with E-state index in [2.05, 4.69) is 0 Å². The minimum atomic E-state index is -3.30. The molecule has 0 saturated carbocycles. The average molecular weight is 467 g/mol. The predicted octanol–water partition coefficient (Wildman–Crippen LogP) is 2.17. The van der Waals surface area contributed by atoms with E-state index >= 15 is 0 Å². The molecular weight excluding hydrogens is 440 g/mol. The highest BCUT2D eigenvalue weighted by Gasteiger charge is 2.28. The molecule has 10 heteroatoms. The van der Waals surface area contributed by atoms with Crippen molar-refractivity contribution in [3.05, 3.63) is 54.1 Å². The van der Waals surface area contributed by atoms with Gasteiger partial charge < -0.3 is 9.64 Å². The smallest absolute Gasteiger partial charge is 0.253 e. The molecule has 1 aliphatic rings. The fraction of sp³-hybridized carbons (Fsp3) is 0.381. The quantitative estimate of drug-likeness (QED) is 0.553. The zero-order chi connectivity index (χ0) is 22.6. The monoisotopic (exact) mass is 466 g/mol. The minimum absolute atomic E-state index is 0.150. The first-order valence-electron chi connectivity index (χ1n) is 9.87. The van der Waals surface area contributed by atoms with Crippen molar-refractivity contribution >= 4 is 31.5 Å². The van der Waals surface area contributed by atoms with Gasteiger partial charge in [0.2, 0.25) is 10.0 Å². The summed E-state index contributed by atoms with van der Waals surface area (Å²) in [6.45, 7) is 1.24. The Morgan fingerprint density at radius 3 is 2.48 bits per heavy atom. The van der Waals surface area contributed by atoms with Crippen molar-refractivity contribution in [2.24, 2.45) is 0 Å². The number of anilines is 1. The van der Waals surface area contributed by atoms with Crippen molar-refractivity contribution in [1.82, 2.24) is 4.90 Å². The Hall–Kier alpha value is -2.59. The standard InChI is InChI=1S/C21H26N2O6S2/c1-22(12-4-14-29-19-6-3-7-20(16-19)30(2,25)26)21(24)17-8-10-18(11-9-17)23-13-5-15-31(23,27)28/h3,6-11,16H,4-5,12-15H2,1-2H3. The van der Waals surface area contributed by atoms with Gasteiger partial charge in [-0.3, -0.25) is 9.10 Å². The van der Waals surface area contributed by atoms with Gasteiger partial charge in [0.25, 0.3) is 5.91 Å². The molecular formula is C21H26N2O6S2. The molecule has 168 valence electrons. The van der Waals surface area contributed by atoms with Crippen LogP contribution in [-0.2, 0) is 19.9 Å². The number of amides is 1. The zero-order valence-electron chi connectivity index (χ0n) is 17.5. The highest BCUT2D eigenvalue weighted by Crippen LogP contribution is 2.24. The summed E-state index contributed by atoms with van der Waals surface area (Å²) in [5, 5.41) is 0. The first-order valence-corrected chi connectivity index (χ1v) is 13.4. The van der Waals surface area contributed by atoms with Gasteiger partial charge in [0, 0.05) is 32.0 Å². The fourth-order valence-corrected chi connectivity index (χ4v) is 5.53. The molecule has 1 heterocycles. The summed E-state index contributed by atoms with van der Waals surface area (Å²) >= 11 is 0. The predicted molar refractivity (Wildman–Crippen MR) is 119 cm³/mol. The van der Waals surface area contributed by atoms with Crippen molar-refractivity contribution in [3.8, 4) is 5.75 Å². The summed E-state index contributed by atoms with van der Waals surface area (Å²) in [5.41, 5.74) is 1.05. The Balaban J connectivity index is 1.51. The fourth-order valence-electron chi connectivity index (χ4n) is 3.31. The molecule has 8 nitrogen and oxygen atoms in total. The van der Waals surface area contributed by atoms with E-state index in [9.17, 15) is 21.6 Å². The van der Waals surface area contributed by atoms with Crippen molar-refractivity contribution in [3.63, 3.8) is 0 Å². The normalized spacial score (nSPS) is 15.6. The van der Waals surface area contributed by atoms with Gasteiger partial charge in [-0.2, -0.15) is 0 Å². The Morgan fingerprint density at radius 1 is 1.16 bits per heavy atom. The number of benzene rings is 2. The second-order valence-electron chi connectivity index (χ2n) is 7.46. The van der Waals surface area contributed by atoms with Crippen LogP contribution in [0, 0.1) is 0 Å². The lowest BCUT2D eigenvalue weighted by atomic mass is 10.2. The molecule has 1 saturated heterocycles. The van der Waals surface area contributed by atoms with E-state index < -0.39 is 19.9 Å². The van der Waals surface area contributed by atoms with Gasteiger partial charge in [-0.1, -0.05) is 6.07 Å². The average Bonchev–Trinajstić information content (AvgIpc) is 3.09. The van der Waals surface area contributed by atoms with Crippen LogP contribution in [0.3, 0.4) is 0 Å². The minimum Gasteiger partial charge on any atom is -0.493 e. The summed E-state index contributed by atoms with van der Waals surface area (Å²) in [4.78, 5) is 14.4. The number of rotatable bonds is 8. The van der Waals surface area contributed by atoms with Crippen molar-refractivity contribution in [1.29, 1.82) is 0 Å². The van der Waals surface area contributed by atoms with E-state index in [0.717, 1.165) is 6.26 Å². The summed E-state index contributed by atoms with van der Waals surface area (Å²) in [6.07, 6.45) is 2.31. The van der Waals surface area contributed by atoms with Gasteiger partial charge in [0.05, 0.1) is 22.9 Å². The van der Waals surface area contributed by atoms with Crippen LogP contribution in [0.5, 0.6) is 5.75 Å². The Bertz CT molecular complexity index is 1140. The molecule has 1 fully saturated rings. The second-order valence-corrected chi connectivity index (χ2v) is 11.5. The molecule has 1 amide bonds. The first-order chi connectivity index (χ1) is 14.6. The maximum absolute atomic E-state index is 12.6. The second kappa shape index (κ2) is 9.27. The SMILES string of the molecule is CN(CCCOc1cccc(S(C)(=O)=O)c1)C(=O)c1ccc(N2CCCS2(=O)=O)cc1. The van der Waals surface area contributed by atoms with Crippen molar-refractivity contribution < 1.29 is 26.4 Å². The lowest BCUT2D eigenvalue weighted by Gasteiger charge is -2.19. The number of carbonyl (C=O) groups excluding carboxylic acids is 1. The van der Waals surface area contributed by atoms with Crippen LogP contribution in [0.25, 0.3) is 0 Å². The molecule has 0 aromatic heterocycles. The Labute approximate surface area is 183 Å². The molecule has 2 aromatic rings. The molecule has 0 aliphatic carbocycles. The molecule has 0 radical (unpaired) electrons. The van der Waals surface area contributed by atoms with Gasteiger partial charge in [0.15, 0.2) is 9.84 Å². The molecule has 1 aliphatic heterocycles. The summed E-state index contributed by atoms with van der Waals surface area (Å²) in [5.74, 6) is 0.441. The Morgan fingerprint density at radius 2 is 1.87 bits per heavy atom.